The molecule has 0 aliphatic carbocycles. The average molecular weight is 205 g/mol. The molecule has 3 nitrogen and oxygen atoms in total. The Balaban J connectivity index is 1.94. The van der Waals surface area contributed by atoms with Gasteiger partial charge in [0.25, 0.3) is 0 Å². The number of carbonyl (C=O) groups is 1. The predicted octanol–water partition coefficient (Wildman–Crippen LogP) is 1.13. The summed E-state index contributed by atoms with van der Waals surface area (Å²) in [5.74, 6) is -0.0119. The smallest absolute Gasteiger partial charge is 0.249 e. The second-order valence-corrected chi connectivity index (χ2v) is 3.87. The van der Waals surface area contributed by atoms with E-state index in [1.165, 1.54) is 5.56 Å². The quantitative estimate of drug-likeness (QED) is 0.786. The Hall–Kier alpha value is -1.35. The molecule has 1 heterocycles. The summed E-state index contributed by atoms with van der Waals surface area (Å²) in [6, 6.07) is 10.2. The van der Waals surface area contributed by atoms with Gasteiger partial charge < -0.3 is 10.1 Å². The van der Waals surface area contributed by atoms with Crippen molar-refractivity contribution in [3.05, 3.63) is 35.9 Å². The highest BCUT2D eigenvalue weighted by Gasteiger charge is 2.24. The van der Waals surface area contributed by atoms with E-state index >= 15 is 0 Å². The highest BCUT2D eigenvalue weighted by molar-refractivity contribution is 5.81. The average Bonchev–Trinajstić information content (AvgIpc) is 2.25. The van der Waals surface area contributed by atoms with E-state index in [4.69, 9.17) is 4.74 Å². The van der Waals surface area contributed by atoms with Gasteiger partial charge in [0.15, 0.2) is 0 Å². The zero-order valence-electron chi connectivity index (χ0n) is 8.77. The Bertz CT molecular complexity index is 337. The number of hydrogen-bond acceptors (Lipinski definition) is 2. The maximum atomic E-state index is 11.4. The second-order valence-electron chi connectivity index (χ2n) is 3.87. The van der Waals surface area contributed by atoms with Gasteiger partial charge in [0.2, 0.25) is 5.91 Å². The summed E-state index contributed by atoms with van der Waals surface area (Å²) in [6.45, 7) is 2.37. The molecule has 3 heteroatoms. The van der Waals surface area contributed by atoms with Gasteiger partial charge in [-0.1, -0.05) is 30.3 Å². The lowest BCUT2D eigenvalue weighted by molar-refractivity contribution is -0.139. The fourth-order valence-corrected chi connectivity index (χ4v) is 1.70. The Morgan fingerprint density at radius 1 is 1.40 bits per heavy atom. The number of ether oxygens (including phenoxy) is 1. The highest BCUT2D eigenvalue weighted by Crippen LogP contribution is 2.08. The first-order valence-corrected chi connectivity index (χ1v) is 5.21. The monoisotopic (exact) mass is 205 g/mol. The minimum atomic E-state index is -0.308. The summed E-state index contributed by atoms with van der Waals surface area (Å²) in [5.41, 5.74) is 1.22. The van der Waals surface area contributed by atoms with E-state index in [1.807, 2.05) is 18.2 Å². The van der Waals surface area contributed by atoms with Crippen molar-refractivity contribution in [2.24, 2.45) is 0 Å². The van der Waals surface area contributed by atoms with Crippen molar-refractivity contribution >= 4 is 5.91 Å². The standard InChI is InChI=1S/C12H15NO2/c1-9-12(14)13-11(8-15-9)7-10-5-3-2-4-6-10/h2-6,9,11H,7-8H2,1H3,(H,13,14)/t9?,11-/m0/s1. The lowest BCUT2D eigenvalue weighted by atomic mass is 10.1. The maximum absolute atomic E-state index is 11.4. The van der Waals surface area contributed by atoms with Crippen LogP contribution in [0, 0.1) is 0 Å². The predicted molar refractivity (Wildman–Crippen MR) is 57.5 cm³/mol. The third-order valence-electron chi connectivity index (χ3n) is 2.59. The van der Waals surface area contributed by atoms with Gasteiger partial charge in [0.05, 0.1) is 12.6 Å². The van der Waals surface area contributed by atoms with Gasteiger partial charge in [-0.25, -0.2) is 0 Å². The van der Waals surface area contributed by atoms with E-state index in [-0.39, 0.29) is 18.1 Å². The van der Waals surface area contributed by atoms with Crippen molar-refractivity contribution < 1.29 is 9.53 Å². The molecule has 1 aromatic carbocycles. The summed E-state index contributed by atoms with van der Waals surface area (Å²) < 4.78 is 5.36. The normalized spacial score (nSPS) is 26.1. The van der Waals surface area contributed by atoms with Crippen LogP contribution < -0.4 is 5.32 Å². The third kappa shape index (κ3) is 2.57. The molecule has 0 spiro atoms. The maximum Gasteiger partial charge on any atom is 0.249 e. The molecule has 0 saturated carbocycles. The summed E-state index contributed by atoms with van der Waals surface area (Å²) in [4.78, 5) is 11.4. The van der Waals surface area contributed by atoms with Crippen LogP contribution in [0.5, 0.6) is 0 Å². The largest absolute Gasteiger partial charge is 0.367 e. The van der Waals surface area contributed by atoms with E-state index in [0.29, 0.717) is 6.61 Å². The Morgan fingerprint density at radius 3 is 2.80 bits per heavy atom. The van der Waals surface area contributed by atoms with Crippen molar-refractivity contribution in [1.29, 1.82) is 0 Å². The van der Waals surface area contributed by atoms with Crippen LogP contribution in [-0.4, -0.2) is 24.7 Å². The van der Waals surface area contributed by atoms with Crippen LogP contribution in [0.25, 0.3) is 0 Å². The fourth-order valence-electron chi connectivity index (χ4n) is 1.70. The Labute approximate surface area is 89.4 Å². The highest BCUT2D eigenvalue weighted by atomic mass is 16.5. The molecule has 15 heavy (non-hydrogen) atoms. The van der Waals surface area contributed by atoms with Gasteiger partial charge in [-0.2, -0.15) is 0 Å². The van der Waals surface area contributed by atoms with Gasteiger partial charge >= 0.3 is 0 Å². The number of amides is 1. The SMILES string of the molecule is CC1OC[C@H](Cc2ccccc2)NC1=O. The van der Waals surface area contributed by atoms with Crippen molar-refractivity contribution in [3.8, 4) is 0 Å². The second kappa shape index (κ2) is 4.45. The van der Waals surface area contributed by atoms with Crippen molar-refractivity contribution in [1.82, 2.24) is 5.32 Å². The van der Waals surface area contributed by atoms with Gasteiger partial charge in [0, 0.05) is 0 Å². The molecule has 0 bridgehead atoms. The molecule has 1 saturated heterocycles. The number of morpholine rings is 1. The van der Waals surface area contributed by atoms with Crippen LogP contribution in [0.2, 0.25) is 0 Å². The number of nitrogens with one attached hydrogen (secondary N) is 1. The zero-order valence-corrected chi connectivity index (χ0v) is 8.77. The van der Waals surface area contributed by atoms with E-state index in [1.54, 1.807) is 6.92 Å². The molecular weight excluding hydrogens is 190 g/mol. The van der Waals surface area contributed by atoms with E-state index in [0.717, 1.165) is 6.42 Å². The molecule has 1 aliphatic heterocycles. The van der Waals surface area contributed by atoms with E-state index < -0.39 is 0 Å². The first kappa shape index (κ1) is 10.2. The van der Waals surface area contributed by atoms with Gasteiger partial charge in [0.1, 0.15) is 6.10 Å². The molecule has 2 rings (SSSR count). The van der Waals surface area contributed by atoms with Crippen LogP contribution in [0.3, 0.4) is 0 Å². The molecule has 1 unspecified atom stereocenters. The van der Waals surface area contributed by atoms with Crippen LogP contribution in [-0.2, 0) is 16.0 Å². The molecule has 80 valence electrons. The number of benzene rings is 1. The van der Waals surface area contributed by atoms with Crippen LogP contribution >= 0.6 is 0 Å². The summed E-state index contributed by atoms with van der Waals surface area (Å²) >= 11 is 0. The van der Waals surface area contributed by atoms with Gasteiger partial charge in [-0.05, 0) is 18.9 Å². The number of carbonyl (C=O) groups excluding carboxylic acids is 1. The van der Waals surface area contributed by atoms with Gasteiger partial charge in [-0.15, -0.1) is 0 Å². The topological polar surface area (TPSA) is 38.3 Å². The zero-order chi connectivity index (χ0) is 10.7. The summed E-state index contributed by atoms with van der Waals surface area (Å²) in [7, 11) is 0. The minimum Gasteiger partial charge on any atom is -0.367 e. The van der Waals surface area contributed by atoms with Crippen molar-refractivity contribution in [2.45, 2.75) is 25.5 Å². The molecule has 0 aromatic heterocycles. The molecule has 1 fully saturated rings. The molecular formula is C12H15NO2. The lowest BCUT2D eigenvalue weighted by Crippen LogP contribution is -2.50. The molecule has 2 atom stereocenters. The third-order valence-corrected chi connectivity index (χ3v) is 2.59. The molecule has 1 amide bonds. The van der Waals surface area contributed by atoms with Crippen LogP contribution in [0.1, 0.15) is 12.5 Å². The van der Waals surface area contributed by atoms with Crippen LogP contribution in [0.15, 0.2) is 30.3 Å². The fraction of sp³-hybridized carbons (Fsp3) is 0.417. The van der Waals surface area contributed by atoms with Crippen molar-refractivity contribution in [2.75, 3.05) is 6.61 Å². The first-order valence-electron chi connectivity index (χ1n) is 5.21. The molecule has 1 aromatic rings. The summed E-state index contributed by atoms with van der Waals surface area (Å²) in [5, 5.41) is 2.95. The molecule has 1 N–H and O–H groups in total. The van der Waals surface area contributed by atoms with Crippen molar-refractivity contribution in [3.63, 3.8) is 0 Å². The Kier molecular flexibility index (Phi) is 3.02. The summed E-state index contributed by atoms with van der Waals surface area (Å²) in [6.07, 6.45) is 0.524. The minimum absolute atomic E-state index is 0.0119. The van der Waals surface area contributed by atoms with Crippen LogP contribution in [0.4, 0.5) is 0 Å². The molecule has 0 radical (unpaired) electrons. The van der Waals surface area contributed by atoms with E-state index in [9.17, 15) is 4.79 Å². The lowest BCUT2D eigenvalue weighted by Gasteiger charge is -2.27. The molecule has 1 aliphatic rings. The van der Waals surface area contributed by atoms with Gasteiger partial charge in [-0.3, -0.25) is 4.79 Å². The first-order chi connectivity index (χ1) is 7.25. The van der Waals surface area contributed by atoms with E-state index in [2.05, 4.69) is 17.4 Å². The number of rotatable bonds is 2. The number of hydrogen-bond donors (Lipinski definition) is 1. The Morgan fingerprint density at radius 2 is 2.13 bits per heavy atom.